The quantitative estimate of drug-likeness (QED) is 0.610. The van der Waals surface area contributed by atoms with E-state index in [2.05, 4.69) is 0 Å². The van der Waals surface area contributed by atoms with E-state index in [1.54, 1.807) is 6.92 Å². The number of aliphatic hydroxyl groups excluding tert-OH is 1. The van der Waals surface area contributed by atoms with E-state index < -0.39 is 17.2 Å². The van der Waals surface area contributed by atoms with Gasteiger partial charge in [0, 0.05) is 19.3 Å². The maximum Gasteiger partial charge on any atom is 0.312 e. The lowest BCUT2D eigenvalue weighted by Crippen LogP contribution is -2.39. The molecule has 0 radical (unpaired) electrons. The number of ether oxygens (including phenoxy) is 1. The van der Waals surface area contributed by atoms with Crippen LogP contribution in [0.15, 0.2) is 11.3 Å². The van der Waals surface area contributed by atoms with Gasteiger partial charge in [0.2, 0.25) is 0 Å². The lowest BCUT2D eigenvalue weighted by molar-refractivity contribution is -0.156. The van der Waals surface area contributed by atoms with Gasteiger partial charge in [-0.05, 0) is 12.8 Å². The summed E-state index contributed by atoms with van der Waals surface area (Å²) in [7, 11) is 1.25. The number of esters is 1. The van der Waals surface area contributed by atoms with Gasteiger partial charge in [-0.1, -0.05) is 13.8 Å². The van der Waals surface area contributed by atoms with Crippen molar-refractivity contribution in [1.29, 1.82) is 0 Å². The maximum atomic E-state index is 12.1. The van der Waals surface area contributed by atoms with Crippen molar-refractivity contribution in [3.63, 3.8) is 0 Å². The molecule has 106 valence electrons. The van der Waals surface area contributed by atoms with Crippen molar-refractivity contribution >= 4 is 17.5 Å². The number of allylic oxidation sites excluding steroid dienone is 2. The van der Waals surface area contributed by atoms with E-state index in [0.29, 0.717) is 12.8 Å². The van der Waals surface area contributed by atoms with Gasteiger partial charge in [-0.25, -0.2) is 0 Å². The summed E-state index contributed by atoms with van der Waals surface area (Å²) < 4.78 is 4.71. The number of carbonyl (C=O) groups is 3. The maximum absolute atomic E-state index is 12.1. The van der Waals surface area contributed by atoms with Crippen LogP contribution < -0.4 is 0 Å². The summed E-state index contributed by atoms with van der Waals surface area (Å²) in [4.78, 5) is 35.7. The van der Waals surface area contributed by atoms with Gasteiger partial charge in [-0.15, -0.1) is 0 Å². The van der Waals surface area contributed by atoms with Crippen LogP contribution in [0.4, 0.5) is 0 Å². The van der Waals surface area contributed by atoms with E-state index in [4.69, 9.17) is 4.74 Å². The van der Waals surface area contributed by atoms with Crippen LogP contribution in [-0.2, 0) is 19.1 Å². The molecule has 1 atom stereocenters. The molecule has 1 unspecified atom stereocenters. The van der Waals surface area contributed by atoms with Gasteiger partial charge < -0.3 is 9.84 Å². The standard InChI is InChI=1S/C14H20O5/c1-4-6-9(15)12-10(16)7-14(5-2,8-11(12)17)13(18)19-3/h16H,4-8H2,1-3H3. The minimum atomic E-state index is -1.04. The lowest BCUT2D eigenvalue weighted by atomic mass is 9.71. The molecule has 1 N–H and O–H groups in total. The molecule has 0 spiro atoms. The SMILES string of the molecule is CCCC(=O)C1=C(O)CC(CC)(C(=O)OC)CC1=O. The van der Waals surface area contributed by atoms with Gasteiger partial charge in [0.15, 0.2) is 11.6 Å². The fraction of sp³-hybridized carbons (Fsp3) is 0.643. The summed E-state index contributed by atoms with van der Waals surface area (Å²) in [6.45, 7) is 3.59. The summed E-state index contributed by atoms with van der Waals surface area (Å²) in [5, 5.41) is 9.98. The van der Waals surface area contributed by atoms with Gasteiger partial charge in [0.1, 0.15) is 5.76 Å². The first-order valence-corrected chi connectivity index (χ1v) is 6.48. The molecule has 0 amide bonds. The molecule has 0 saturated carbocycles. The predicted octanol–water partition coefficient (Wildman–Crippen LogP) is 2.10. The molecule has 19 heavy (non-hydrogen) atoms. The molecular weight excluding hydrogens is 248 g/mol. The minimum absolute atomic E-state index is 0.00724. The van der Waals surface area contributed by atoms with Crippen molar-refractivity contribution in [1.82, 2.24) is 0 Å². The van der Waals surface area contributed by atoms with Crippen molar-refractivity contribution < 1.29 is 24.2 Å². The number of aliphatic hydroxyl groups is 1. The van der Waals surface area contributed by atoms with E-state index >= 15 is 0 Å². The van der Waals surface area contributed by atoms with Crippen LogP contribution in [0.3, 0.4) is 0 Å². The highest BCUT2D eigenvalue weighted by Crippen LogP contribution is 2.41. The van der Waals surface area contributed by atoms with Gasteiger partial charge in [-0.3, -0.25) is 14.4 Å². The Hall–Kier alpha value is -1.65. The third-order valence-electron chi connectivity index (χ3n) is 3.62. The number of ketones is 2. The Morgan fingerprint density at radius 1 is 1.32 bits per heavy atom. The Kier molecular flexibility index (Phi) is 4.86. The number of hydrogen-bond donors (Lipinski definition) is 1. The zero-order valence-corrected chi connectivity index (χ0v) is 11.6. The molecule has 0 saturated heterocycles. The van der Waals surface area contributed by atoms with Gasteiger partial charge in [0.25, 0.3) is 0 Å². The van der Waals surface area contributed by atoms with Gasteiger partial charge in [-0.2, -0.15) is 0 Å². The molecule has 5 heteroatoms. The first-order valence-electron chi connectivity index (χ1n) is 6.48. The Morgan fingerprint density at radius 2 is 1.95 bits per heavy atom. The highest BCUT2D eigenvalue weighted by Gasteiger charge is 2.46. The summed E-state index contributed by atoms with van der Waals surface area (Å²) in [6, 6.07) is 0. The summed E-state index contributed by atoms with van der Waals surface area (Å²) in [5.74, 6) is -1.60. The Balaban J connectivity index is 3.12. The van der Waals surface area contributed by atoms with Crippen LogP contribution >= 0.6 is 0 Å². The first-order chi connectivity index (χ1) is 8.91. The Labute approximate surface area is 112 Å². The fourth-order valence-electron chi connectivity index (χ4n) is 2.45. The third kappa shape index (κ3) is 2.85. The second-order valence-corrected chi connectivity index (χ2v) is 4.90. The molecule has 0 fully saturated rings. The van der Waals surface area contributed by atoms with E-state index in [-0.39, 0.29) is 36.4 Å². The van der Waals surface area contributed by atoms with E-state index in [1.165, 1.54) is 7.11 Å². The second-order valence-electron chi connectivity index (χ2n) is 4.90. The fourth-order valence-corrected chi connectivity index (χ4v) is 2.45. The van der Waals surface area contributed by atoms with E-state index in [9.17, 15) is 19.5 Å². The molecule has 1 aliphatic carbocycles. The average Bonchev–Trinajstić information content (AvgIpc) is 2.36. The average molecular weight is 268 g/mol. The largest absolute Gasteiger partial charge is 0.511 e. The second kappa shape index (κ2) is 5.99. The number of methoxy groups -OCH3 is 1. The topological polar surface area (TPSA) is 80.7 Å². The summed E-state index contributed by atoms with van der Waals surface area (Å²) in [5.41, 5.74) is -1.17. The molecular formula is C14H20O5. The molecule has 5 nitrogen and oxygen atoms in total. The minimum Gasteiger partial charge on any atom is -0.511 e. The molecule has 0 aromatic carbocycles. The van der Waals surface area contributed by atoms with Gasteiger partial charge in [0.05, 0.1) is 18.1 Å². The van der Waals surface area contributed by atoms with Crippen LogP contribution in [0.25, 0.3) is 0 Å². The van der Waals surface area contributed by atoms with Crippen LogP contribution in [0.1, 0.15) is 46.0 Å². The number of rotatable bonds is 5. The molecule has 1 rings (SSSR count). The Morgan fingerprint density at radius 3 is 2.37 bits per heavy atom. The third-order valence-corrected chi connectivity index (χ3v) is 3.62. The zero-order chi connectivity index (χ0) is 14.6. The van der Waals surface area contributed by atoms with Crippen LogP contribution in [0, 0.1) is 5.41 Å². The van der Waals surface area contributed by atoms with Crippen molar-refractivity contribution in [2.75, 3.05) is 7.11 Å². The zero-order valence-electron chi connectivity index (χ0n) is 11.6. The molecule has 0 aromatic heterocycles. The Bertz CT molecular complexity index is 435. The number of Topliss-reactive ketones (excluding diaryl/α,β-unsaturated/α-hetero) is 2. The van der Waals surface area contributed by atoms with Gasteiger partial charge >= 0.3 is 5.97 Å². The van der Waals surface area contributed by atoms with Crippen molar-refractivity contribution in [2.24, 2.45) is 5.41 Å². The lowest BCUT2D eigenvalue weighted by Gasteiger charge is -2.32. The normalized spacial score (nSPS) is 23.4. The molecule has 0 aliphatic heterocycles. The van der Waals surface area contributed by atoms with Crippen LogP contribution in [0.2, 0.25) is 0 Å². The monoisotopic (exact) mass is 268 g/mol. The molecule has 0 bridgehead atoms. The summed E-state index contributed by atoms with van der Waals surface area (Å²) in [6.07, 6.45) is 1.13. The smallest absolute Gasteiger partial charge is 0.312 e. The first kappa shape index (κ1) is 15.4. The summed E-state index contributed by atoms with van der Waals surface area (Å²) >= 11 is 0. The van der Waals surface area contributed by atoms with Crippen molar-refractivity contribution in [3.05, 3.63) is 11.3 Å². The molecule has 0 heterocycles. The molecule has 0 aromatic rings. The van der Waals surface area contributed by atoms with E-state index in [1.807, 2.05) is 6.92 Å². The number of carbonyl (C=O) groups excluding carboxylic acids is 3. The molecule has 1 aliphatic rings. The number of hydrogen-bond acceptors (Lipinski definition) is 5. The van der Waals surface area contributed by atoms with E-state index in [0.717, 1.165) is 0 Å². The highest BCUT2D eigenvalue weighted by molar-refractivity contribution is 6.21. The highest BCUT2D eigenvalue weighted by atomic mass is 16.5. The van der Waals surface area contributed by atoms with Crippen molar-refractivity contribution in [2.45, 2.75) is 46.0 Å². The van der Waals surface area contributed by atoms with Crippen LogP contribution in [-0.4, -0.2) is 29.8 Å². The van der Waals surface area contributed by atoms with Crippen molar-refractivity contribution in [3.8, 4) is 0 Å². The predicted molar refractivity (Wildman–Crippen MR) is 68.6 cm³/mol. The van der Waals surface area contributed by atoms with Crippen LogP contribution in [0.5, 0.6) is 0 Å².